The van der Waals surface area contributed by atoms with Crippen molar-refractivity contribution < 1.29 is 13.3 Å². The van der Waals surface area contributed by atoms with Crippen LogP contribution in [0.5, 0.6) is 0 Å². The number of halogens is 1. The van der Waals surface area contributed by atoms with Gasteiger partial charge in [-0.05, 0) is 24.6 Å². The largest absolute Gasteiger partial charge is 0.282 e. The summed E-state index contributed by atoms with van der Waals surface area (Å²) in [6, 6.07) is 15.9. The summed E-state index contributed by atoms with van der Waals surface area (Å²) in [6.07, 6.45) is 0. The lowest BCUT2D eigenvalue weighted by Gasteiger charge is -2.23. The molecule has 0 bridgehead atoms. The van der Waals surface area contributed by atoms with Crippen LogP contribution in [0, 0.1) is 6.92 Å². The fourth-order valence-electron chi connectivity index (χ4n) is 2.46. The van der Waals surface area contributed by atoms with Gasteiger partial charge >= 0.3 is 0 Å². The van der Waals surface area contributed by atoms with E-state index in [-0.39, 0.29) is 15.8 Å². The van der Waals surface area contributed by atoms with Gasteiger partial charge in [0.15, 0.2) is 0 Å². The van der Waals surface area contributed by atoms with E-state index in [9.17, 15) is 8.42 Å². The summed E-state index contributed by atoms with van der Waals surface area (Å²) in [4.78, 5) is 5.63. The highest BCUT2D eigenvalue weighted by molar-refractivity contribution is 9.09. The van der Waals surface area contributed by atoms with E-state index in [0.717, 1.165) is 15.6 Å². The van der Waals surface area contributed by atoms with E-state index in [0.29, 0.717) is 6.61 Å². The van der Waals surface area contributed by atoms with Crippen molar-refractivity contribution in [3.63, 3.8) is 0 Å². The molecular weight excluding hydrogens is 366 g/mol. The number of hydrogen-bond donors (Lipinski definition) is 0. The van der Waals surface area contributed by atoms with Crippen molar-refractivity contribution in [2.45, 2.75) is 22.7 Å². The first-order valence-electron chi connectivity index (χ1n) is 6.93. The Bertz CT molecular complexity index is 747. The van der Waals surface area contributed by atoms with Gasteiger partial charge in [-0.1, -0.05) is 68.4 Å². The van der Waals surface area contributed by atoms with Crippen LogP contribution in [-0.4, -0.2) is 24.3 Å². The molecule has 0 saturated carbocycles. The summed E-state index contributed by atoms with van der Waals surface area (Å²) in [5, 5.41) is 0. The van der Waals surface area contributed by atoms with Crippen LogP contribution in [0.15, 0.2) is 59.5 Å². The number of aryl methyl sites for hydroxylation is 1. The zero-order chi connectivity index (χ0) is 15.7. The van der Waals surface area contributed by atoms with Gasteiger partial charge in [0, 0.05) is 0 Å². The molecule has 22 heavy (non-hydrogen) atoms. The fraction of sp³-hybridized carbons (Fsp3) is 0.250. The highest BCUT2D eigenvalue weighted by Gasteiger charge is 2.43. The smallest absolute Gasteiger partial charge is 0.265 e. The number of hydrogen-bond acceptors (Lipinski definition) is 3. The number of benzene rings is 2. The predicted octanol–water partition coefficient (Wildman–Crippen LogP) is 3.44. The molecule has 1 unspecified atom stereocenters. The lowest BCUT2D eigenvalue weighted by atomic mass is 10.1. The minimum Gasteiger partial charge on any atom is -0.282 e. The molecule has 1 saturated heterocycles. The maximum Gasteiger partial charge on any atom is 0.265 e. The van der Waals surface area contributed by atoms with Crippen LogP contribution in [0.4, 0.5) is 0 Å². The number of alkyl halides is 1. The third-order valence-electron chi connectivity index (χ3n) is 3.63. The molecule has 0 spiro atoms. The van der Waals surface area contributed by atoms with Crippen molar-refractivity contribution in [3.8, 4) is 0 Å². The first-order valence-corrected chi connectivity index (χ1v) is 9.29. The van der Waals surface area contributed by atoms with E-state index >= 15 is 0 Å². The van der Waals surface area contributed by atoms with E-state index in [4.69, 9.17) is 4.84 Å². The number of hydroxylamine groups is 1. The van der Waals surface area contributed by atoms with Crippen LogP contribution < -0.4 is 0 Å². The Kier molecular flexibility index (Phi) is 4.36. The van der Waals surface area contributed by atoms with Crippen molar-refractivity contribution >= 4 is 26.0 Å². The minimum atomic E-state index is -3.70. The molecule has 0 aromatic heterocycles. The first-order chi connectivity index (χ1) is 10.5. The van der Waals surface area contributed by atoms with Gasteiger partial charge in [0.2, 0.25) is 0 Å². The van der Waals surface area contributed by atoms with Crippen molar-refractivity contribution in [1.82, 2.24) is 4.47 Å². The molecule has 116 valence electrons. The molecule has 0 N–H and O–H groups in total. The van der Waals surface area contributed by atoms with Gasteiger partial charge in [-0.3, -0.25) is 4.84 Å². The summed E-state index contributed by atoms with van der Waals surface area (Å²) >= 11 is 3.53. The normalized spacial score (nSPS) is 22.8. The maximum absolute atomic E-state index is 12.9. The lowest BCUT2D eigenvalue weighted by molar-refractivity contribution is -0.0499. The second-order valence-corrected chi connectivity index (χ2v) is 8.20. The average Bonchev–Trinajstić information content (AvgIpc) is 2.91. The number of rotatable bonds is 3. The third-order valence-corrected chi connectivity index (χ3v) is 6.07. The van der Waals surface area contributed by atoms with Gasteiger partial charge in [-0.25, -0.2) is 8.42 Å². The number of sulfonamides is 1. The highest BCUT2D eigenvalue weighted by atomic mass is 79.9. The third kappa shape index (κ3) is 2.84. The Morgan fingerprint density at radius 2 is 1.73 bits per heavy atom. The standard InChI is InChI=1S/C16H16BrNO3S/c1-12-7-9-14(10-8-12)22(19,20)18-16(15(17)11-21-18)13-5-3-2-4-6-13/h2-10,15-16H,11H2,1H3/t15-,16?/m0/s1. The summed E-state index contributed by atoms with van der Waals surface area (Å²) in [7, 11) is -3.70. The maximum atomic E-state index is 12.9. The van der Waals surface area contributed by atoms with Gasteiger partial charge in [-0.15, -0.1) is 0 Å². The summed E-state index contributed by atoms with van der Waals surface area (Å²) in [5.74, 6) is 0. The molecule has 0 amide bonds. The van der Waals surface area contributed by atoms with E-state index in [1.165, 1.54) is 0 Å². The van der Waals surface area contributed by atoms with Gasteiger partial charge in [-0.2, -0.15) is 0 Å². The molecule has 2 atom stereocenters. The zero-order valence-electron chi connectivity index (χ0n) is 12.0. The van der Waals surface area contributed by atoms with Gasteiger partial charge in [0.25, 0.3) is 10.0 Å². The van der Waals surface area contributed by atoms with Crippen LogP contribution >= 0.6 is 15.9 Å². The van der Waals surface area contributed by atoms with Crippen LogP contribution in [0.1, 0.15) is 17.2 Å². The monoisotopic (exact) mass is 381 g/mol. The van der Waals surface area contributed by atoms with Crippen LogP contribution in [0.2, 0.25) is 0 Å². The van der Waals surface area contributed by atoms with E-state index in [1.807, 2.05) is 37.3 Å². The van der Waals surface area contributed by atoms with Crippen molar-refractivity contribution in [1.29, 1.82) is 0 Å². The van der Waals surface area contributed by atoms with Crippen LogP contribution in [-0.2, 0) is 14.9 Å². The lowest BCUT2D eigenvalue weighted by Crippen LogP contribution is -2.31. The van der Waals surface area contributed by atoms with E-state index < -0.39 is 10.0 Å². The molecule has 4 nitrogen and oxygen atoms in total. The summed E-state index contributed by atoms with van der Waals surface area (Å²) in [5.41, 5.74) is 1.91. The first kappa shape index (κ1) is 15.7. The molecule has 2 aromatic carbocycles. The quantitative estimate of drug-likeness (QED) is 0.765. The predicted molar refractivity (Wildman–Crippen MR) is 88.1 cm³/mol. The fourth-order valence-corrected chi connectivity index (χ4v) is 4.71. The van der Waals surface area contributed by atoms with Crippen molar-refractivity contribution in [3.05, 3.63) is 65.7 Å². The molecule has 6 heteroatoms. The Balaban J connectivity index is 2.00. The molecule has 2 aromatic rings. The molecule has 1 aliphatic rings. The second-order valence-electron chi connectivity index (χ2n) is 5.24. The molecular formula is C16H16BrNO3S. The Hall–Kier alpha value is -1.21. The van der Waals surface area contributed by atoms with Crippen LogP contribution in [0.3, 0.4) is 0 Å². The summed E-state index contributed by atoms with van der Waals surface area (Å²) in [6.45, 7) is 2.23. The van der Waals surface area contributed by atoms with Crippen LogP contribution in [0.25, 0.3) is 0 Å². The molecule has 1 aliphatic heterocycles. The van der Waals surface area contributed by atoms with Gasteiger partial charge < -0.3 is 0 Å². The Morgan fingerprint density at radius 3 is 2.36 bits per heavy atom. The minimum absolute atomic E-state index is 0.0878. The van der Waals surface area contributed by atoms with Crippen molar-refractivity contribution in [2.24, 2.45) is 0 Å². The summed E-state index contributed by atoms with van der Waals surface area (Å²) < 4.78 is 26.8. The molecule has 0 radical (unpaired) electrons. The van der Waals surface area contributed by atoms with Gasteiger partial charge in [0.05, 0.1) is 22.4 Å². The number of nitrogens with zero attached hydrogens (tertiary/aromatic N) is 1. The van der Waals surface area contributed by atoms with E-state index in [2.05, 4.69) is 15.9 Å². The van der Waals surface area contributed by atoms with Crippen molar-refractivity contribution in [2.75, 3.05) is 6.61 Å². The zero-order valence-corrected chi connectivity index (χ0v) is 14.4. The SMILES string of the molecule is Cc1ccc(S(=O)(=O)N2OC[C@H](Br)C2c2ccccc2)cc1. The molecule has 0 aliphatic carbocycles. The average molecular weight is 382 g/mol. The molecule has 1 heterocycles. The Morgan fingerprint density at radius 1 is 1.09 bits per heavy atom. The van der Waals surface area contributed by atoms with Gasteiger partial charge in [0.1, 0.15) is 0 Å². The molecule has 1 fully saturated rings. The highest BCUT2D eigenvalue weighted by Crippen LogP contribution is 2.38. The van der Waals surface area contributed by atoms with E-state index in [1.54, 1.807) is 24.3 Å². The topological polar surface area (TPSA) is 46.6 Å². The second kappa shape index (κ2) is 6.12. The Labute approximate surface area is 138 Å². The molecule has 3 rings (SSSR count).